The summed E-state index contributed by atoms with van der Waals surface area (Å²) in [6.45, 7) is 0. The van der Waals surface area contributed by atoms with Crippen LogP contribution in [0.2, 0.25) is 0 Å². The van der Waals surface area contributed by atoms with E-state index in [2.05, 4.69) is 73.6 Å². The lowest BCUT2D eigenvalue weighted by Gasteiger charge is -2.05. The molecule has 0 radical (unpaired) electrons. The monoisotopic (exact) mass is 371 g/mol. The second-order valence-corrected chi connectivity index (χ2v) is 5.87. The zero-order valence-corrected chi connectivity index (χ0v) is 12.7. The number of fused-ring (bicyclic) bond motifs is 3. The van der Waals surface area contributed by atoms with Crippen LogP contribution in [0.15, 0.2) is 60.7 Å². The molecule has 4 aromatic rings. The Morgan fingerprint density at radius 3 is 2.65 bits per heavy atom. The van der Waals surface area contributed by atoms with Crippen molar-refractivity contribution < 1.29 is 0 Å². The molecule has 3 nitrogen and oxygen atoms in total. The van der Waals surface area contributed by atoms with Gasteiger partial charge in [0.25, 0.3) is 0 Å². The number of para-hydroxylation sites is 1. The summed E-state index contributed by atoms with van der Waals surface area (Å²) in [4.78, 5) is 0. The van der Waals surface area contributed by atoms with Crippen molar-refractivity contribution in [2.75, 3.05) is 0 Å². The van der Waals surface area contributed by atoms with Crippen molar-refractivity contribution in [2.45, 2.75) is 0 Å². The van der Waals surface area contributed by atoms with E-state index in [9.17, 15) is 0 Å². The van der Waals surface area contributed by atoms with Crippen LogP contribution < -0.4 is 0 Å². The molecule has 0 amide bonds. The summed E-state index contributed by atoms with van der Waals surface area (Å²) in [5.74, 6) is 0.885. The standard InChI is InChI=1S/C16H10IN3/c17-13-6-3-5-12(10-13)16-19-18-15-9-8-11-4-1-2-7-14(11)20(15)16/h1-10H. The molecule has 0 unspecified atom stereocenters. The fourth-order valence-electron chi connectivity index (χ4n) is 2.45. The highest BCUT2D eigenvalue weighted by Crippen LogP contribution is 2.24. The predicted molar refractivity (Wildman–Crippen MR) is 88.6 cm³/mol. The fourth-order valence-corrected chi connectivity index (χ4v) is 3.00. The Morgan fingerprint density at radius 2 is 1.75 bits per heavy atom. The molecule has 2 aromatic heterocycles. The number of benzene rings is 2. The van der Waals surface area contributed by atoms with E-state index in [0.717, 1.165) is 22.6 Å². The maximum atomic E-state index is 4.37. The first-order chi connectivity index (χ1) is 9.83. The average molecular weight is 371 g/mol. The van der Waals surface area contributed by atoms with Gasteiger partial charge in [-0.05, 0) is 58.3 Å². The van der Waals surface area contributed by atoms with Gasteiger partial charge in [-0.25, -0.2) is 0 Å². The van der Waals surface area contributed by atoms with Crippen LogP contribution in [0.25, 0.3) is 27.9 Å². The first kappa shape index (κ1) is 11.8. The van der Waals surface area contributed by atoms with Gasteiger partial charge in [0.05, 0.1) is 5.52 Å². The highest BCUT2D eigenvalue weighted by molar-refractivity contribution is 14.1. The van der Waals surface area contributed by atoms with Crippen molar-refractivity contribution in [3.8, 4) is 11.4 Å². The lowest BCUT2D eigenvalue weighted by Crippen LogP contribution is -1.92. The van der Waals surface area contributed by atoms with Crippen LogP contribution in [0.3, 0.4) is 0 Å². The van der Waals surface area contributed by atoms with E-state index in [1.54, 1.807) is 0 Å². The quantitative estimate of drug-likeness (QED) is 0.471. The highest BCUT2D eigenvalue weighted by Gasteiger charge is 2.10. The molecule has 4 heteroatoms. The lowest BCUT2D eigenvalue weighted by atomic mass is 10.2. The molecule has 0 saturated heterocycles. The first-order valence-corrected chi connectivity index (χ1v) is 7.40. The number of aromatic nitrogens is 3. The second kappa shape index (κ2) is 4.56. The maximum absolute atomic E-state index is 4.37. The van der Waals surface area contributed by atoms with E-state index in [1.165, 1.54) is 8.96 Å². The van der Waals surface area contributed by atoms with Gasteiger partial charge < -0.3 is 0 Å². The summed E-state index contributed by atoms with van der Waals surface area (Å²) >= 11 is 2.31. The number of rotatable bonds is 1. The molecule has 0 bridgehead atoms. The molecule has 96 valence electrons. The number of halogens is 1. The third kappa shape index (κ3) is 1.79. The third-order valence-electron chi connectivity index (χ3n) is 3.36. The lowest BCUT2D eigenvalue weighted by molar-refractivity contribution is 1.12. The van der Waals surface area contributed by atoms with Gasteiger partial charge in [0, 0.05) is 9.13 Å². The van der Waals surface area contributed by atoms with Crippen LogP contribution in [0.4, 0.5) is 0 Å². The summed E-state index contributed by atoms with van der Waals surface area (Å²) < 4.78 is 3.30. The summed E-state index contributed by atoms with van der Waals surface area (Å²) in [6, 6.07) is 20.7. The molecule has 0 aliphatic carbocycles. The summed E-state index contributed by atoms with van der Waals surface area (Å²) in [5.41, 5.74) is 3.09. The van der Waals surface area contributed by atoms with Gasteiger partial charge in [0.15, 0.2) is 11.5 Å². The molecule has 4 rings (SSSR count). The predicted octanol–water partition coefficient (Wildman–Crippen LogP) is 4.15. The van der Waals surface area contributed by atoms with Crippen molar-refractivity contribution in [3.63, 3.8) is 0 Å². The van der Waals surface area contributed by atoms with Crippen LogP contribution in [-0.4, -0.2) is 14.6 Å². The van der Waals surface area contributed by atoms with E-state index < -0.39 is 0 Å². The first-order valence-electron chi connectivity index (χ1n) is 6.32. The summed E-state index contributed by atoms with van der Waals surface area (Å²) in [7, 11) is 0. The van der Waals surface area contributed by atoms with Gasteiger partial charge in [0.2, 0.25) is 0 Å². The maximum Gasteiger partial charge on any atom is 0.168 e. The Morgan fingerprint density at radius 1 is 0.850 bits per heavy atom. The molecule has 0 aliphatic heterocycles. The Bertz CT molecular complexity index is 927. The Hall–Kier alpha value is -1.95. The normalized spacial score (nSPS) is 11.2. The van der Waals surface area contributed by atoms with Crippen LogP contribution in [-0.2, 0) is 0 Å². The summed E-state index contributed by atoms with van der Waals surface area (Å²) in [6.07, 6.45) is 0. The van der Waals surface area contributed by atoms with Gasteiger partial charge >= 0.3 is 0 Å². The number of pyridine rings is 1. The van der Waals surface area contributed by atoms with Crippen molar-refractivity contribution in [3.05, 3.63) is 64.2 Å². The van der Waals surface area contributed by atoms with Crippen LogP contribution in [0.5, 0.6) is 0 Å². The Balaban J connectivity index is 2.12. The number of hydrogen-bond acceptors (Lipinski definition) is 2. The van der Waals surface area contributed by atoms with Crippen molar-refractivity contribution in [2.24, 2.45) is 0 Å². The highest BCUT2D eigenvalue weighted by atomic mass is 127. The van der Waals surface area contributed by atoms with Crippen LogP contribution in [0.1, 0.15) is 0 Å². The Labute approximate surface area is 129 Å². The molecule has 20 heavy (non-hydrogen) atoms. The molecule has 0 fully saturated rings. The van der Waals surface area contributed by atoms with E-state index in [1.807, 2.05) is 24.3 Å². The molecule has 0 aliphatic rings. The third-order valence-corrected chi connectivity index (χ3v) is 4.03. The van der Waals surface area contributed by atoms with Crippen molar-refractivity contribution >= 4 is 39.1 Å². The number of hydrogen-bond donors (Lipinski definition) is 0. The van der Waals surface area contributed by atoms with Crippen LogP contribution >= 0.6 is 22.6 Å². The topological polar surface area (TPSA) is 30.2 Å². The van der Waals surface area contributed by atoms with E-state index >= 15 is 0 Å². The molecule has 2 aromatic carbocycles. The van der Waals surface area contributed by atoms with Gasteiger partial charge in [-0.15, -0.1) is 10.2 Å². The SMILES string of the molecule is Ic1cccc(-c2nnc3ccc4ccccc4n23)c1. The zero-order chi connectivity index (χ0) is 13.5. The van der Waals surface area contributed by atoms with Gasteiger partial charge in [0.1, 0.15) is 0 Å². The van der Waals surface area contributed by atoms with E-state index in [0.29, 0.717) is 0 Å². The zero-order valence-electron chi connectivity index (χ0n) is 10.5. The van der Waals surface area contributed by atoms with Gasteiger partial charge in [-0.2, -0.15) is 0 Å². The van der Waals surface area contributed by atoms with E-state index in [4.69, 9.17) is 0 Å². The number of nitrogens with zero attached hydrogens (tertiary/aromatic N) is 3. The minimum atomic E-state index is 0.873. The second-order valence-electron chi connectivity index (χ2n) is 4.62. The fraction of sp³-hybridized carbons (Fsp3) is 0. The Kier molecular flexibility index (Phi) is 2.70. The summed E-state index contributed by atoms with van der Waals surface area (Å²) in [5, 5.41) is 9.84. The van der Waals surface area contributed by atoms with E-state index in [-0.39, 0.29) is 0 Å². The van der Waals surface area contributed by atoms with Crippen molar-refractivity contribution in [1.82, 2.24) is 14.6 Å². The van der Waals surface area contributed by atoms with Crippen molar-refractivity contribution in [1.29, 1.82) is 0 Å². The minimum Gasteiger partial charge on any atom is -0.275 e. The molecule has 0 N–H and O–H groups in total. The smallest absolute Gasteiger partial charge is 0.168 e. The molecule has 0 spiro atoms. The molecular formula is C16H10IN3. The van der Waals surface area contributed by atoms with Gasteiger partial charge in [-0.3, -0.25) is 4.40 Å². The van der Waals surface area contributed by atoms with Crippen LogP contribution in [0, 0.1) is 3.57 Å². The average Bonchev–Trinajstić information content (AvgIpc) is 2.91. The largest absolute Gasteiger partial charge is 0.275 e. The molecule has 0 atom stereocenters. The minimum absolute atomic E-state index is 0.873. The molecule has 2 heterocycles. The molecule has 0 saturated carbocycles. The molecular weight excluding hydrogens is 361 g/mol. The van der Waals surface area contributed by atoms with Gasteiger partial charge in [-0.1, -0.05) is 30.3 Å².